The Bertz CT molecular complexity index is 625. The van der Waals surface area contributed by atoms with Crippen LogP contribution in [0.15, 0.2) is 18.2 Å². The normalized spacial score (nSPS) is 14.4. The van der Waals surface area contributed by atoms with E-state index in [4.69, 9.17) is 0 Å². The minimum atomic E-state index is -0.806. The van der Waals surface area contributed by atoms with E-state index in [0.29, 0.717) is 0 Å². The Morgan fingerprint density at radius 1 is 1.33 bits per heavy atom. The molecule has 0 atom stereocenters. The van der Waals surface area contributed by atoms with Crippen molar-refractivity contribution in [2.45, 2.75) is 32.7 Å². The lowest BCUT2D eigenvalue weighted by Gasteiger charge is -2.26. The van der Waals surface area contributed by atoms with Gasteiger partial charge < -0.3 is 5.32 Å². The number of halogens is 1. The van der Waals surface area contributed by atoms with Crippen molar-refractivity contribution in [1.82, 2.24) is 5.32 Å². The van der Waals surface area contributed by atoms with Crippen molar-refractivity contribution in [3.8, 4) is 0 Å². The molecule has 0 aliphatic carbocycles. The number of hydrogen-bond acceptors (Lipinski definition) is 3. The molecule has 5 nitrogen and oxygen atoms in total. The predicted octanol–water partition coefficient (Wildman–Crippen LogP) is 1.66. The fourth-order valence-corrected chi connectivity index (χ4v) is 2.07. The zero-order chi connectivity index (χ0) is 15.8. The summed E-state index contributed by atoms with van der Waals surface area (Å²) < 4.78 is 13.3. The van der Waals surface area contributed by atoms with E-state index in [2.05, 4.69) is 5.32 Å². The molecule has 0 unspecified atom stereocenters. The zero-order valence-electron chi connectivity index (χ0n) is 12.2. The summed E-state index contributed by atoms with van der Waals surface area (Å²) in [5.41, 5.74) is -0.132. The quantitative estimate of drug-likeness (QED) is 0.858. The summed E-state index contributed by atoms with van der Waals surface area (Å²) >= 11 is 0. The lowest BCUT2D eigenvalue weighted by molar-refractivity contribution is -0.123. The van der Waals surface area contributed by atoms with E-state index in [1.54, 1.807) is 0 Å². The van der Waals surface area contributed by atoms with Crippen molar-refractivity contribution in [2.24, 2.45) is 0 Å². The van der Waals surface area contributed by atoms with Crippen molar-refractivity contribution in [1.29, 1.82) is 0 Å². The molecule has 2 amide bonds. The third-order valence-electron chi connectivity index (χ3n) is 3.60. The first kappa shape index (κ1) is 15.2. The van der Waals surface area contributed by atoms with Gasteiger partial charge in [0.15, 0.2) is 0 Å². The summed E-state index contributed by atoms with van der Waals surface area (Å²) in [4.78, 5) is 36.7. The van der Waals surface area contributed by atoms with Crippen molar-refractivity contribution in [3.63, 3.8) is 0 Å². The maximum atomic E-state index is 13.3. The molecule has 112 valence electrons. The molecule has 0 fully saturated rings. The minimum Gasteiger partial charge on any atom is -0.350 e. The SMILES string of the molecule is CCC(C)(C)NC(=O)CN1C(=O)C(=O)c2ccc(F)cc21. The second-order valence-corrected chi connectivity index (χ2v) is 5.67. The molecular formula is C15H17FN2O3. The van der Waals surface area contributed by atoms with Crippen LogP contribution >= 0.6 is 0 Å². The molecule has 1 heterocycles. The minimum absolute atomic E-state index is 0.129. The van der Waals surface area contributed by atoms with Gasteiger partial charge in [0.05, 0.1) is 11.3 Å². The molecule has 1 aromatic carbocycles. The predicted molar refractivity (Wildman–Crippen MR) is 75.6 cm³/mol. The highest BCUT2D eigenvalue weighted by Crippen LogP contribution is 2.29. The molecule has 1 N–H and O–H groups in total. The van der Waals surface area contributed by atoms with Crippen LogP contribution in [0.3, 0.4) is 0 Å². The molecule has 0 radical (unpaired) electrons. The van der Waals surface area contributed by atoms with E-state index in [1.807, 2.05) is 20.8 Å². The summed E-state index contributed by atoms with van der Waals surface area (Å²) in [5.74, 6) is -2.47. The average Bonchev–Trinajstić information content (AvgIpc) is 2.63. The van der Waals surface area contributed by atoms with E-state index < -0.39 is 23.0 Å². The van der Waals surface area contributed by atoms with Crippen molar-refractivity contribution < 1.29 is 18.8 Å². The fourth-order valence-electron chi connectivity index (χ4n) is 2.07. The van der Waals surface area contributed by atoms with Crippen LogP contribution in [0.1, 0.15) is 37.6 Å². The Hall–Kier alpha value is -2.24. The van der Waals surface area contributed by atoms with E-state index in [-0.39, 0.29) is 23.7 Å². The van der Waals surface area contributed by atoms with Gasteiger partial charge in [0.25, 0.3) is 11.7 Å². The van der Waals surface area contributed by atoms with Gasteiger partial charge >= 0.3 is 0 Å². The van der Waals surface area contributed by atoms with Crippen LogP contribution in [0.5, 0.6) is 0 Å². The highest BCUT2D eigenvalue weighted by atomic mass is 19.1. The number of carbonyl (C=O) groups is 3. The molecule has 0 spiro atoms. The Morgan fingerprint density at radius 3 is 2.62 bits per heavy atom. The maximum Gasteiger partial charge on any atom is 0.299 e. The van der Waals surface area contributed by atoms with E-state index >= 15 is 0 Å². The number of hydrogen-bond donors (Lipinski definition) is 1. The van der Waals surface area contributed by atoms with E-state index in [1.165, 1.54) is 6.07 Å². The van der Waals surface area contributed by atoms with Gasteiger partial charge in [-0.05, 0) is 38.5 Å². The number of Topliss-reactive ketones (excluding diaryl/α,β-unsaturated/α-hetero) is 1. The summed E-state index contributed by atoms with van der Waals surface area (Å²) in [6, 6.07) is 3.48. The van der Waals surface area contributed by atoms with Crippen LogP contribution in [0.2, 0.25) is 0 Å². The highest BCUT2D eigenvalue weighted by Gasteiger charge is 2.37. The number of fused-ring (bicyclic) bond motifs is 1. The Kier molecular flexibility index (Phi) is 3.80. The van der Waals surface area contributed by atoms with Gasteiger partial charge in [-0.1, -0.05) is 6.92 Å². The number of carbonyl (C=O) groups excluding carboxylic acids is 3. The molecule has 1 aliphatic heterocycles. The van der Waals surface area contributed by atoms with Crippen molar-refractivity contribution >= 4 is 23.3 Å². The standard InChI is InChI=1S/C15H17FN2O3/c1-4-15(2,3)17-12(19)8-18-11-7-9(16)5-6-10(11)13(20)14(18)21/h5-7H,4,8H2,1-3H3,(H,17,19). The summed E-state index contributed by atoms with van der Waals surface area (Å²) in [7, 11) is 0. The monoisotopic (exact) mass is 292 g/mol. The topological polar surface area (TPSA) is 66.5 Å². The van der Waals surface area contributed by atoms with Crippen LogP contribution in [0, 0.1) is 5.82 Å². The molecule has 6 heteroatoms. The van der Waals surface area contributed by atoms with E-state index in [0.717, 1.165) is 23.5 Å². The van der Waals surface area contributed by atoms with Gasteiger partial charge in [-0.25, -0.2) is 4.39 Å². The smallest absolute Gasteiger partial charge is 0.299 e. The Labute approximate surface area is 122 Å². The van der Waals surface area contributed by atoms with Gasteiger partial charge in [0.2, 0.25) is 5.91 Å². The van der Waals surface area contributed by atoms with Crippen LogP contribution in [-0.4, -0.2) is 29.7 Å². The zero-order valence-corrected chi connectivity index (χ0v) is 12.2. The van der Waals surface area contributed by atoms with Crippen LogP contribution in [0.25, 0.3) is 0 Å². The van der Waals surface area contributed by atoms with Crippen LogP contribution < -0.4 is 10.2 Å². The van der Waals surface area contributed by atoms with Gasteiger partial charge in [-0.3, -0.25) is 19.3 Å². The number of nitrogens with zero attached hydrogens (tertiary/aromatic N) is 1. The Morgan fingerprint density at radius 2 is 2.00 bits per heavy atom. The molecule has 0 saturated carbocycles. The first-order chi connectivity index (χ1) is 9.75. The lowest BCUT2D eigenvalue weighted by Crippen LogP contribution is -2.48. The highest BCUT2D eigenvalue weighted by molar-refractivity contribution is 6.52. The molecule has 1 aliphatic rings. The number of amides is 2. The van der Waals surface area contributed by atoms with Crippen molar-refractivity contribution in [2.75, 3.05) is 11.4 Å². The summed E-state index contributed by atoms with van der Waals surface area (Å²) in [5, 5.41) is 2.78. The molecule has 2 rings (SSSR count). The molecule has 0 bridgehead atoms. The lowest BCUT2D eigenvalue weighted by atomic mass is 10.0. The third-order valence-corrected chi connectivity index (χ3v) is 3.60. The number of ketones is 1. The second-order valence-electron chi connectivity index (χ2n) is 5.67. The Balaban J connectivity index is 2.22. The third kappa shape index (κ3) is 2.94. The van der Waals surface area contributed by atoms with Crippen molar-refractivity contribution in [3.05, 3.63) is 29.6 Å². The summed E-state index contributed by atoms with van der Waals surface area (Å²) in [6.45, 7) is 5.34. The molecule has 1 aromatic rings. The molecule has 21 heavy (non-hydrogen) atoms. The maximum absolute atomic E-state index is 13.3. The number of benzene rings is 1. The number of anilines is 1. The molecular weight excluding hydrogens is 275 g/mol. The first-order valence-corrected chi connectivity index (χ1v) is 6.72. The van der Waals surface area contributed by atoms with Gasteiger partial charge in [-0.2, -0.15) is 0 Å². The number of rotatable bonds is 4. The van der Waals surface area contributed by atoms with E-state index in [9.17, 15) is 18.8 Å². The average molecular weight is 292 g/mol. The van der Waals surface area contributed by atoms with Crippen LogP contribution in [-0.2, 0) is 9.59 Å². The largest absolute Gasteiger partial charge is 0.350 e. The van der Waals surface area contributed by atoms with Gasteiger partial charge in [0, 0.05) is 5.54 Å². The number of nitrogens with one attached hydrogen (secondary N) is 1. The van der Waals surface area contributed by atoms with Gasteiger partial charge in [0.1, 0.15) is 12.4 Å². The fraction of sp³-hybridized carbons (Fsp3) is 0.400. The van der Waals surface area contributed by atoms with Crippen LogP contribution in [0.4, 0.5) is 10.1 Å². The summed E-state index contributed by atoms with van der Waals surface area (Å²) in [6.07, 6.45) is 0.719. The van der Waals surface area contributed by atoms with Gasteiger partial charge in [-0.15, -0.1) is 0 Å². The second kappa shape index (κ2) is 5.27. The molecule has 0 saturated heterocycles. The molecule has 0 aromatic heterocycles. The first-order valence-electron chi connectivity index (χ1n) is 6.72.